The van der Waals surface area contributed by atoms with E-state index in [1.165, 1.54) is 0 Å². The molecule has 5 nitrogen and oxygen atoms in total. The lowest BCUT2D eigenvalue weighted by Crippen LogP contribution is -2.33. The number of nitrogens with two attached hydrogens (primary N) is 1. The standard InChI is InChI=1S/C21H21N3O2/c1-14(16-7-10-19(22)11-8-16)23-24-21(25)15(2)26-20-12-9-17-5-3-4-6-18(17)13-20/h3-13,15H,22H2,1-2H3,(H,24,25)/b23-14-/t15-/m1/s1. The summed E-state index contributed by atoms with van der Waals surface area (Å²) in [5, 5.41) is 6.32. The van der Waals surface area contributed by atoms with Crippen LogP contribution in [0.1, 0.15) is 19.4 Å². The number of anilines is 1. The summed E-state index contributed by atoms with van der Waals surface area (Å²) in [6, 6.07) is 21.0. The summed E-state index contributed by atoms with van der Waals surface area (Å²) < 4.78 is 5.74. The van der Waals surface area contributed by atoms with Crippen molar-refractivity contribution in [1.82, 2.24) is 5.43 Å². The van der Waals surface area contributed by atoms with Crippen LogP contribution in [-0.4, -0.2) is 17.7 Å². The van der Waals surface area contributed by atoms with Gasteiger partial charge in [-0.25, -0.2) is 5.43 Å². The Hall–Kier alpha value is -3.34. The number of rotatable bonds is 5. The monoisotopic (exact) mass is 347 g/mol. The molecule has 0 radical (unpaired) electrons. The minimum absolute atomic E-state index is 0.312. The predicted octanol–water partition coefficient (Wildman–Crippen LogP) is 3.73. The van der Waals surface area contributed by atoms with Crippen LogP contribution in [0.2, 0.25) is 0 Å². The zero-order valence-corrected chi connectivity index (χ0v) is 14.8. The van der Waals surface area contributed by atoms with E-state index in [4.69, 9.17) is 10.5 Å². The van der Waals surface area contributed by atoms with Crippen LogP contribution in [0.25, 0.3) is 10.8 Å². The van der Waals surface area contributed by atoms with E-state index >= 15 is 0 Å². The van der Waals surface area contributed by atoms with Crippen LogP contribution >= 0.6 is 0 Å². The van der Waals surface area contributed by atoms with Crippen LogP contribution in [-0.2, 0) is 4.79 Å². The van der Waals surface area contributed by atoms with Crippen molar-refractivity contribution in [1.29, 1.82) is 0 Å². The van der Waals surface area contributed by atoms with Crippen LogP contribution in [0, 0.1) is 0 Å². The number of nitrogen functional groups attached to an aromatic ring is 1. The van der Waals surface area contributed by atoms with Gasteiger partial charge in [0.25, 0.3) is 5.91 Å². The van der Waals surface area contributed by atoms with E-state index in [9.17, 15) is 4.79 Å². The Morgan fingerprint density at radius 3 is 2.46 bits per heavy atom. The van der Waals surface area contributed by atoms with Gasteiger partial charge in [0.1, 0.15) is 5.75 Å². The van der Waals surface area contributed by atoms with Gasteiger partial charge in [-0.3, -0.25) is 4.79 Å². The molecule has 0 aliphatic heterocycles. The number of hydrogen-bond acceptors (Lipinski definition) is 4. The smallest absolute Gasteiger partial charge is 0.280 e. The van der Waals surface area contributed by atoms with Crippen LogP contribution in [0.5, 0.6) is 5.75 Å². The number of carbonyl (C=O) groups excluding carboxylic acids is 1. The van der Waals surface area contributed by atoms with E-state index in [1.807, 2.05) is 61.5 Å². The van der Waals surface area contributed by atoms with Gasteiger partial charge < -0.3 is 10.5 Å². The van der Waals surface area contributed by atoms with Crippen molar-refractivity contribution in [2.75, 3.05) is 5.73 Å². The molecule has 1 amide bonds. The maximum atomic E-state index is 12.2. The summed E-state index contributed by atoms with van der Waals surface area (Å²) in [6.45, 7) is 3.51. The van der Waals surface area contributed by atoms with E-state index in [0.29, 0.717) is 17.1 Å². The van der Waals surface area contributed by atoms with Gasteiger partial charge >= 0.3 is 0 Å². The van der Waals surface area contributed by atoms with Crippen LogP contribution < -0.4 is 15.9 Å². The molecule has 132 valence electrons. The minimum Gasteiger partial charge on any atom is -0.481 e. The molecule has 0 bridgehead atoms. The summed E-state index contributed by atoms with van der Waals surface area (Å²) in [5.41, 5.74) is 10.5. The molecule has 0 aromatic heterocycles. The van der Waals surface area contributed by atoms with E-state index in [0.717, 1.165) is 16.3 Å². The molecule has 0 spiro atoms. The molecular formula is C21H21N3O2. The van der Waals surface area contributed by atoms with Gasteiger partial charge in [0.2, 0.25) is 0 Å². The number of hydrogen-bond donors (Lipinski definition) is 2. The summed E-state index contributed by atoms with van der Waals surface area (Å²) in [6.07, 6.45) is -0.667. The second-order valence-electron chi connectivity index (χ2n) is 6.06. The Bertz CT molecular complexity index is 949. The van der Waals surface area contributed by atoms with Crippen LogP contribution in [0.3, 0.4) is 0 Å². The molecule has 3 aromatic carbocycles. The fourth-order valence-electron chi connectivity index (χ4n) is 2.52. The third-order valence-electron chi connectivity index (χ3n) is 4.07. The number of ether oxygens (including phenoxy) is 1. The van der Waals surface area contributed by atoms with Crippen LogP contribution in [0.15, 0.2) is 71.8 Å². The van der Waals surface area contributed by atoms with E-state index in [2.05, 4.69) is 10.5 Å². The number of carbonyl (C=O) groups is 1. The third kappa shape index (κ3) is 4.19. The van der Waals surface area contributed by atoms with E-state index < -0.39 is 6.10 Å². The lowest BCUT2D eigenvalue weighted by molar-refractivity contribution is -0.127. The first-order valence-electron chi connectivity index (χ1n) is 8.38. The van der Waals surface area contributed by atoms with Gasteiger partial charge in [0, 0.05) is 5.69 Å². The highest BCUT2D eigenvalue weighted by molar-refractivity contribution is 5.99. The van der Waals surface area contributed by atoms with Gasteiger partial charge in [0.15, 0.2) is 6.10 Å². The molecule has 0 saturated carbocycles. The maximum Gasteiger partial charge on any atom is 0.280 e. The Labute approximate surface area is 152 Å². The molecule has 0 heterocycles. The Balaban J connectivity index is 1.63. The number of nitrogens with zero attached hydrogens (tertiary/aromatic N) is 1. The Morgan fingerprint density at radius 1 is 1.04 bits per heavy atom. The molecule has 1 atom stereocenters. The highest BCUT2D eigenvalue weighted by atomic mass is 16.5. The molecule has 0 unspecified atom stereocenters. The maximum absolute atomic E-state index is 12.2. The lowest BCUT2D eigenvalue weighted by Gasteiger charge is -2.14. The zero-order chi connectivity index (χ0) is 18.5. The van der Waals surface area contributed by atoms with E-state index in [-0.39, 0.29) is 5.91 Å². The summed E-state index contributed by atoms with van der Waals surface area (Å²) in [7, 11) is 0. The molecule has 0 fully saturated rings. The Kier molecular flexibility index (Phi) is 5.17. The third-order valence-corrected chi connectivity index (χ3v) is 4.07. The average Bonchev–Trinajstić information content (AvgIpc) is 2.66. The second kappa shape index (κ2) is 7.70. The Morgan fingerprint density at radius 2 is 1.73 bits per heavy atom. The number of amides is 1. The van der Waals surface area contributed by atoms with Gasteiger partial charge in [0.05, 0.1) is 5.71 Å². The molecule has 5 heteroatoms. The number of benzene rings is 3. The van der Waals surface area contributed by atoms with Crippen molar-refractivity contribution in [3.05, 3.63) is 72.3 Å². The molecule has 26 heavy (non-hydrogen) atoms. The molecule has 0 saturated heterocycles. The molecule has 0 aliphatic carbocycles. The summed E-state index contributed by atoms with van der Waals surface area (Å²) >= 11 is 0. The highest BCUT2D eigenvalue weighted by Gasteiger charge is 2.14. The zero-order valence-electron chi connectivity index (χ0n) is 14.8. The fourth-order valence-corrected chi connectivity index (χ4v) is 2.52. The SMILES string of the molecule is C/C(=N/NC(=O)[C@@H](C)Oc1ccc2ccccc2c1)c1ccc(N)cc1. The van der Waals surface area contributed by atoms with Gasteiger partial charge in [-0.2, -0.15) is 5.10 Å². The molecule has 3 rings (SSSR count). The predicted molar refractivity (Wildman–Crippen MR) is 105 cm³/mol. The minimum atomic E-state index is -0.667. The normalized spacial score (nSPS) is 12.6. The quantitative estimate of drug-likeness (QED) is 0.419. The first-order chi connectivity index (χ1) is 12.5. The van der Waals surface area contributed by atoms with Crippen molar-refractivity contribution >= 4 is 28.1 Å². The first kappa shape index (κ1) is 17.5. The van der Waals surface area contributed by atoms with Crippen molar-refractivity contribution in [3.8, 4) is 5.75 Å². The van der Waals surface area contributed by atoms with Crippen LogP contribution in [0.4, 0.5) is 5.69 Å². The lowest BCUT2D eigenvalue weighted by atomic mass is 10.1. The fraction of sp³-hybridized carbons (Fsp3) is 0.143. The van der Waals surface area contributed by atoms with Gasteiger partial charge in [-0.05, 0) is 54.4 Å². The van der Waals surface area contributed by atoms with E-state index in [1.54, 1.807) is 19.1 Å². The number of fused-ring (bicyclic) bond motifs is 1. The molecular weight excluding hydrogens is 326 g/mol. The molecule has 0 aliphatic rings. The van der Waals surface area contributed by atoms with Crippen molar-refractivity contribution in [2.45, 2.75) is 20.0 Å². The topological polar surface area (TPSA) is 76.7 Å². The first-order valence-corrected chi connectivity index (χ1v) is 8.38. The average molecular weight is 347 g/mol. The number of nitrogens with one attached hydrogen (secondary N) is 1. The molecule has 3 aromatic rings. The second-order valence-corrected chi connectivity index (χ2v) is 6.06. The summed E-state index contributed by atoms with van der Waals surface area (Å²) in [4.78, 5) is 12.2. The van der Waals surface area contributed by atoms with Crippen molar-refractivity contribution in [3.63, 3.8) is 0 Å². The van der Waals surface area contributed by atoms with Gasteiger partial charge in [-0.1, -0.05) is 42.5 Å². The summed E-state index contributed by atoms with van der Waals surface area (Å²) in [5.74, 6) is 0.332. The molecule has 3 N–H and O–H groups in total. The number of hydrazone groups is 1. The largest absolute Gasteiger partial charge is 0.481 e. The van der Waals surface area contributed by atoms with Gasteiger partial charge in [-0.15, -0.1) is 0 Å². The van der Waals surface area contributed by atoms with Crippen molar-refractivity contribution in [2.24, 2.45) is 5.10 Å². The highest BCUT2D eigenvalue weighted by Crippen LogP contribution is 2.21. The van der Waals surface area contributed by atoms with Crippen molar-refractivity contribution < 1.29 is 9.53 Å².